The normalized spacial score (nSPS) is 10.2. The van der Waals surface area contributed by atoms with Crippen LogP contribution in [0.4, 0.5) is 8.78 Å². The molecule has 0 saturated carbocycles. The Labute approximate surface area is 94.1 Å². The fourth-order valence-corrected chi connectivity index (χ4v) is 1.45. The maximum atomic E-state index is 12.5. The Kier molecular flexibility index (Phi) is 3.74. The van der Waals surface area contributed by atoms with Crippen LogP contribution in [0.25, 0.3) is 0 Å². The van der Waals surface area contributed by atoms with Crippen LogP contribution in [-0.4, -0.2) is 16.1 Å². The SMILES string of the molecule is N#Cc1c(C(=O)O)cnc(C(F)F)c1CCl. The molecule has 7 heteroatoms. The smallest absolute Gasteiger partial charge is 0.338 e. The van der Waals surface area contributed by atoms with Crippen LogP contribution in [0.15, 0.2) is 6.20 Å². The lowest BCUT2D eigenvalue weighted by Gasteiger charge is -2.08. The lowest BCUT2D eigenvalue weighted by molar-refractivity contribution is 0.0695. The number of nitrogens with zero attached hydrogens (tertiary/aromatic N) is 2. The first kappa shape index (κ1) is 12.3. The Bertz CT molecular complexity index is 471. The molecular formula is C9H5ClF2N2O2. The molecule has 1 N–H and O–H groups in total. The van der Waals surface area contributed by atoms with Crippen molar-refractivity contribution in [2.24, 2.45) is 0 Å². The molecule has 0 unspecified atom stereocenters. The molecule has 4 nitrogen and oxygen atoms in total. The number of carbonyl (C=O) groups is 1. The van der Waals surface area contributed by atoms with Crippen LogP contribution in [0, 0.1) is 11.3 Å². The van der Waals surface area contributed by atoms with E-state index in [1.165, 1.54) is 0 Å². The molecule has 0 aliphatic rings. The summed E-state index contributed by atoms with van der Waals surface area (Å²) >= 11 is 5.42. The van der Waals surface area contributed by atoms with Crippen LogP contribution >= 0.6 is 11.6 Å². The van der Waals surface area contributed by atoms with Crippen LogP contribution < -0.4 is 0 Å². The Morgan fingerprint density at radius 2 is 2.31 bits per heavy atom. The Balaban J connectivity index is 3.54. The van der Waals surface area contributed by atoms with Crippen molar-refractivity contribution in [3.63, 3.8) is 0 Å². The van der Waals surface area contributed by atoms with E-state index in [-0.39, 0.29) is 11.1 Å². The standard InChI is InChI=1S/C9H5ClF2N2O2/c10-1-4-5(2-13)6(9(15)16)3-14-7(4)8(11)12/h3,8H,1H2,(H,15,16). The zero-order valence-electron chi connectivity index (χ0n) is 7.75. The molecule has 1 heterocycles. The van der Waals surface area contributed by atoms with Crippen molar-refractivity contribution in [1.82, 2.24) is 4.98 Å². The van der Waals surface area contributed by atoms with Gasteiger partial charge in [0.15, 0.2) is 0 Å². The molecule has 1 aromatic heterocycles. The second kappa shape index (κ2) is 4.86. The predicted molar refractivity (Wildman–Crippen MR) is 50.4 cm³/mol. The van der Waals surface area contributed by atoms with Gasteiger partial charge in [-0.25, -0.2) is 13.6 Å². The van der Waals surface area contributed by atoms with Gasteiger partial charge in [-0.1, -0.05) is 0 Å². The summed E-state index contributed by atoms with van der Waals surface area (Å²) in [5.74, 6) is -1.80. The average Bonchev–Trinajstić information content (AvgIpc) is 2.26. The number of alkyl halides is 3. The number of carboxylic acids is 1. The number of nitriles is 1. The highest BCUT2D eigenvalue weighted by atomic mass is 35.5. The van der Waals surface area contributed by atoms with Gasteiger partial charge in [0, 0.05) is 11.8 Å². The molecule has 0 aromatic carbocycles. The average molecular weight is 247 g/mol. The number of hydrogen-bond donors (Lipinski definition) is 1. The minimum absolute atomic E-state index is 0.237. The lowest BCUT2D eigenvalue weighted by atomic mass is 10.0. The van der Waals surface area contributed by atoms with Gasteiger partial charge >= 0.3 is 5.97 Å². The van der Waals surface area contributed by atoms with Gasteiger partial charge in [0.25, 0.3) is 6.43 Å². The highest BCUT2D eigenvalue weighted by Gasteiger charge is 2.22. The second-order valence-corrected chi connectivity index (χ2v) is 3.03. The summed E-state index contributed by atoms with van der Waals surface area (Å²) in [5.41, 5.74) is -1.69. The van der Waals surface area contributed by atoms with Gasteiger partial charge in [0.2, 0.25) is 0 Å². The van der Waals surface area contributed by atoms with Crippen LogP contribution in [-0.2, 0) is 5.88 Å². The van der Waals surface area contributed by atoms with Crippen molar-refractivity contribution >= 4 is 17.6 Å². The van der Waals surface area contributed by atoms with Crippen molar-refractivity contribution < 1.29 is 18.7 Å². The van der Waals surface area contributed by atoms with E-state index in [2.05, 4.69) is 4.98 Å². The number of aromatic nitrogens is 1. The van der Waals surface area contributed by atoms with Gasteiger partial charge in [-0.2, -0.15) is 5.26 Å². The van der Waals surface area contributed by atoms with Gasteiger partial charge in [0.05, 0.1) is 17.0 Å². The molecule has 0 saturated heterocycles. The van der Waals surface area contributed by atoms with Crippen molar-refractivity contribution in [3.05, 3.63) is 28.6 Å². The molecule has 0 atom stereocenters. The second-order valence-electron chi connectivity index (χ2n) is 2.76. The first-order valence-electron chi connectivity index (χ1n) is 4.02. The summed E-state index contributed by atoms with van der Waals surface area (Å²) in [5, 5.41) is 17.5. The van der Waals surface area contributed by atoms with E-state index in [0.717, 1.165) is 6.20 Å². The number of pyridine rings is 1. The Morgan fingerprint density at radius 1 is 1.69 bits per heavy atom. The van der Waals surface area contributed by atoms with Crippen LogP contribution in [0.2, 0.25) is 0 Å². The van der Waals surface area contributed by atoms with Crippen molar-refractivity contribution in [1.29, 1.82) is 5.26 Å². The molecule has 0 spiro atoms. The van der Waals surface area contributed by atoms with Gasteiger partial charge in [-0.15, -0.1) is 11.6 Å². The summed E-state index contributed by atoms with van der Waals surface area (Å²) in [4.78, 5) is 14.0. The summed E-state index contributed by atoms with van der Waals surface area (Å²) in [6.45, 7) is 0. The zero-order valence-corrected chi connectivity index (χ0v) is 8.50. The number of halogens is 3. The molecule has 0 aliphatic carbocycles. The first-order valence-corrected chi connectivity index (χ1v) is 4.55. The number of rotatable bonds is 3. The molecule has 0 bridgehead atoms. The third-order valence-corrected chi connectivity index (χ3v) is 2.16. The van der Waals surface area contributed by atoms with Crippen LogP contribution in [0.3, 0.4) is 0 Å². The third-order valence-electron chi connectivity index (χ3n) is 1.90. The molecule has 0 aliphatic heterocycles. The largest absolute Gasteiger partial charge is 0.478 e. The number of hydrogen-bond acceptors (Lipinski definition) is 3. The fraction of sp³-hybridized carbons (Fsp3) is 0.222. The number of aromatic carboxylic acids is 1. The monoisotopic (exact) mass is 246 g/mol. The molecular weight excluding hydrogens is 242 g/mol. The van der Waals surface area contributed by atoms with Crippen LogP contribution in [0.5, 0.6) is 0 Å². The predicted octanol–water partition coefficient (Wildman–Crippen LogP) is 2.33. The van der Waals surface area contributed by atoms with E-state index in [9.17, 15) is 13.6 Å². The zero-order chi connectivity index (χ0) is 12.3. The van der Waals surface area contributed by atoms with E-state index in [1.54, 1.807) is 6.07 Å². The highest BCUT2D eigenvalue weighted by Crippen LogP contribution is 2.26. The number of carboxylic acid groups (broad SMARTS) is 1. The third kappa shape index (κ3) is 2.09. The Morgan fingerprint density at radius 3 is 2.69 bits per heavy atom. The summed E-state index contributed by atoms with van der Waals surface area (Å²) in [6, 6.07) is 1.55. The molecule has 1 rings (SSSR count). The van der Waals surface area contributed by atoms with Crippen molar-refractivity contribution in [3.8, 4) is 6.07 Å². The quantitative estimate of drug-likeness (QED) is 0.831. The highest BCUT2D eigenvalue weighted by molar-refractivity contribution is 6.17. The topological polar surface area (TPSA) is 74.0 Å². The van der Waals surface area contributed by atoms with E-state index < -0.39 is 29.5 Å². The lowest BCUT2D eigenvalue weighted by Crippen LogP contribution is -2.08. The molecule has 0 fully saturated rings. The van der Waals surface area contributed by atoms with E-state index in [1.807, 2.05) is 0 Å². The van der Waals surface area contributed by atoms with Gasteiger partial charge in [0.1, 0.15) is 11.8 Å². The maximum absolute atomic E-state index is 12.5. The fourth-order valence-electron chi connectivity index (χ4n) is 1.18. The minimum Gasteiger partial charge on any atom is -0.478 e. The minimum atomic E-state index is -2.90. The van der Waals surface area contributed by atoms with E-state index in [4.69, 9.17) is 22.0 Å². The molecule has 0 amide bonds. The molecule has 16 heavy (non-hydrogen) atoms. The molecule has 1 aromatic rings. The molecule has 84 valence electrons. The van der Waals surface area contributed by atoms with Crippen molar-refractivity contribution in [2.75, 3.05) is 0 Å². The van der Waals surface area contributed by atoms with Gasteiger partial charge in [-0.05, 0) is 0 Å². The summed E-state index contributed by atoms with van der Waals surface area (Å²) < 4.78 is 25.0. The van der Waals surface area contributed by atoms with Gasteiger partial charge in [-0.3, -0.25) is 4.98 Å². The van der Waals surface area contributed by atoms with E-state index >= 15 is 0 Å². The maximum Gasteiger partial charge on any atom is 0.338 e. The molecule has 0 radical (unpaired) electrons. The summed E-state index contributed by atoms with van der Waals surface area (Å²) in [7, 11) is 0. The van der Waals surface area contributed by atoms with Crippen LogP contribution in [0.1, 0.15) is 33.6 Å². The van der Waals surface area contributed by atoms with E-state index in [0.29, 0.717) is 0 Å². The van der Waals surface area contributed by atoms with Crippen molar-refractivity contribution in [2.45, 2.75) is 12.3 Å². The summed E-state index contributed by atoms with van der Waals surface area (Å²) in [6.07, 6.45) is -2.16. The first-order chi connectivity index (χ1) is 7.52. The Hall–Kier alpha value is -1.74. The van der Waals surface area contributed by atoms with Gasteiger partial charge < -0.3 is 5.11 Å².